The third-order valence-corrected chi connectivity index (χ3v) is 6.11. The molecule has 1 saturated heterocycles. The van der Waals surface area contributed by atoms with Gasteiger partial charge in [-0.05, 0) is 69.0 Å². The number of hydrogen-bond acceptors (Lipinski definition) is 4. The molecule has 7 nitrogen and oxygen atoms in total. The van der Waals surface area contributed by atoms with Gasteiger partial charge in [0.15, 0.2) is 0 Å². The van der Waals surface area contributed by atoms with Crippen molar-refractivity contribution in [1.82, 2.24) is 10.2 Å². The minimum Gasteiger partial charge on any atom is -0.491 e. The zero-order valence-corrected chi connectivity index (χ0v) is 19.7. The Morgan fingerprint density at radius 2 is 1.82 bits per heavy atom. The normalized spacial score (nSPS) is 16.2. The molecule has 0 atom stereocenters. The van der Waals surface area contributed by atoms with Gasteiger partial charge in [0.05, 0.1) is 18.3 Å². The van der Waals surface area contributed by atoms with Gasteiger partial charge in [0.25, 0.3) is 0 Å². The van der Waals surface area contributed by atoms with Crippen molar-refractivity contribution in [2.75, 3.05) is 31.1 Å². The molecule has 0 aromatic heterocycles. The Hall–Kier alpha value is -3.22. The van der Waals surface area contributed by atoms with Gasteiger partial charge in [0, 0.05) is 25.6 Å². The predicted octanol–water partition coefficient (Wildman–Crippen LogP) is 4.13. The van der Waals surface area contributed by atoms with Crippen molar-refractivity contribution in [3.63, 3.8) is 0 Å². The van der Waals surface area contributed by atoms with Crippen LogP contribution in [0.1, 0.15) is 37.8 Å². The summed E-state index contributed by atoms with van der Waals surface area (Å²) in [7, 11) is 0. The largest absolute Gasteiger partial charge is 0.491 e. The Morgan fingerprint density at radius 3 is 2.52 bits per heavy atom. The molecule has 0 aliphatic carbocycles. The average molecular weight is 452 g/mol. The monoisotopic (exact) mass is 451 g/mol. The molecule has 0 saturated carbocycles. The van der Waals surface area contributed by atoms with Crippen LogP contribution in [0.25, 0.3) is 0 Å². The van der Waals surface area contributed by atoms with Crippen LogP contribution in [0.4, 0.5) is 10.5 Å². The third-order valence-electron chi connectivity index (χ3n) is 6.11. The molecule has 0 spiro atoms. The Labute approximate surface area is 195 Å². The first-order chi connectivity index (χ1) is 15.9. The minimum atomic E-state index is -0.0724. The number of benzene rings is 2. The molecule has 2 aliphatic heterocycles. The fourth-order valence-corrected chi connectivity index (χ4v) is 4.32. The molecule has 2 aromatic carbocycles. The Kier molecular flexibility index (Phi) is 7.06. The number of rotatable bonds is 5. The number of carbonyl (C=O) groups is 2. The standard InChI is InChI=1S/C26H33N3O4/c1-18(2)33-22-7-5-20(6-8-22)17-27-25(30)21-10-12-28(13-11-21)26(31)29-14-15-32-24-9-4-19(3)16-23(24)29/h4-9,16,18,21H,10-15,17H2,1-3H3,(H,27,30). The van der Waals surface area contributed by atoms with Crippen molar-refractivity contribution in [2.24, 2.45) is 5.92 Å². The summed E-state index contributed by atoms with van der Waals surface area (Å²) >= 11 is 0. The lowest BCUT2D eigenvalue weighted by Crippen LogP contribution is -2.50. The molecular weight excluding hydrogens is 418 g/mol. The number of aryl methyl sites for hydroxylation is 1. The van der Waals surface area contributed by atoms with Crippen molar-refractivity contribution in [2.45, 2.75) is 46.3 Å². The highest BCUT2D eigenvalue weighted by molar-refractivity contribution is 5.94. The van der Waals surface area contributed by atoms with Crippen molar-refractivity contribution < 1.29 is 19.1 Å². The maximum atomic E-state index is 13.2. The van der Waals surface area contributed by atoms with Gasteiger partial charge in [-0.3, -0.25) is 9.69 Å². The van der Waals surface area contributed by atoms with E-state index in [9.17, 15) is 9.59 Å². The number of likely N-dealkylation sites (tertiary alicyclic amines) is 1. The first-order valence-electron chi connectivity index (χ1n) is 11.7. The Morgan fingerprint density at radius 1 is 1.09 bits per heavy atom. The second-order valence-corrected chi connectivity index (χ2v) is 9.04. The molecule has 7 heteroatoms. The maximum absolute atomic E-state index is 13.2. The van der Waals surface area contributed by atoms with Crippen LogP contribution in [0, 0.1) is 12.8 Å². The number of piperidine rings is 1. The van der Waals surface area contributed by atoms with Crippen LogP contribution in [0.5, 0.6) is 11.5 Å². The molecule has 1 N–H and O–H groups in total. The third kappa shape index (κ3) is 5.59. The molecule has 0 unspecified atom stereocenters. The van der Waals surface area contributed by atoms with Gasteiger partial charge < -0.3 is 19.7 Å². The highest BCUT2D eigenvalue weighted by Gasteiger charge is 2.32. The fraction of sp³-hybridized carbons (Fsp3) is 0.462. The van der Waals surface area contributed by atoms with E-state index in [1.165, 1.54) is 0 Å². The SMILES string of the molecule is Cc1ccc2c(c1)N(C(=O)N1CCC(C(=O)NCc3ccc(OC(C)C)cc3)CC1)CCO2. The Balaban J connectivity index is 1.27. The summed E-state index contributed by atoms with van der Waals surface area (Å²) in [4.78, 5) is 29.6. The molecular formula is C26H33N3O4. The smallest absolute Gasteiger partial charge is 0.324 e. The summed E-state index contributed by atoms with van der Waals surface area (Å²) in [5.74, 6) is 1.56. The quantitative estimate of drug-likeness (QED) is 0.742. The lowest BCUT2D eigenvalue weighted by Gasteiger charge is -2.37. The summed E-state index contributed by atoms with van der Waals surface area (Å²) in [5.41, 5.74) is 2.96. The molecule has 3 amide bonds. The van der Waals surface area contributed by atoms with E-state index < -0.39 is 0 Å². The van der Waals surface area contributed by atoms with Gasteiger partial charge in [-0.2, -0.15) is 0 Å². The van der Waals surface area contributed by atoms with E-state index in [4.69, 9.17) is 9.47 Å². The van der Waals surface area contributed by atoms with Crippen LogP contribution in [0.2, 0.25) is 0 Å². The number of nitrogens with zero attached hydrogens (tertiary/aromatic N) is 2. The number of fused-ring (bicyclic) bond motifs is 1. The van der Waals surface area contributed by atoms with E-state index >= 15 is 0 Å². The molecule has 4 rings (SSSR count). The van der Waals surface area contributed by atoms with E-state index in [0.717, 1.165) is 28.3 Å². The number of ether oxygens (including phenoxy) is 2. The highest BCUT2D eigenvalue weighted by atomic mass is 16.5. The first-order valence-corrected chi connectivity index (χ1v) is 11.7. The van der Waals surface area contributed by atoms with Crippen molar-refractivity contribution in [3.05, 3.63) is 53.6 Å². The van der Waals surface area contributed by atoms with Gasteiger partial charge in [-0.15, -0.1) is 0 Å². The van der Waals surface area contributed by atoms with Gasteiger partial charge >= 0.3 is 6.03 Å². The molecule has 2 heterocycles. The zero-order chi connectivity index (χ0) is 23.4. The Bertz CT molecular complexity index is 982. The minimum absolute atomic E-state index is 0.00675. The van der Waals surface area contributed by atoms with E-state index in [2.05, 4.69) is 5.32 Å². The van der Waals surface area contributed by atoms with Crippen LogP contribution in [0.15, 0.2) is 42.5 Å². The molecule has 2 aromatic rings. The van der Waals surface area contributed by atoms with Crippen molar-refractivity contribution >= 4 is 17.6 Å². The lowest BCUT2D eigenvalue weighted by molar-refractivity contribution is -0.126. The first kappa shape index (κ1) is 23.0. The second kappa shape index (κ2) is 10.1. The second-order valence-electron chi connectivity index (χ2n) is 9.04. The van der Waals surface area contributed by atoms with E-state index in [1.807, 2.05) is 68.1 Å². The van der Waals surface area contributed by atoms with Crippen LogP contribution in [-0.4, -0.2) is 49.2 Å². The van der Waals surface area contributed by atoms with E-state index in [-0.39, 0.29) is 24.0 Å². The van der Waals surface area contributed by atoms with Crippen LogP contribution < -0.4 is 19.7 Å². The number of amides is 3. The van der Waals surface area contributed by atoms with Gasteiger partial charge in [-0.1, -0.05) is 18.2 Å². The van der Waals surface area contributed by atoms with Crippen molar-refractivity contribution in [1.29, 1.82) is 0 Å². The number of carbonyl (C=O) groups excluding carboxylic acids is 2. The molecule has 0 radical (unpaired) electrons. The van der Waals surface area contributed by atoms with Gasteiger partial charge in [0.2, 0.25) is 5.91 Å². The zero-order valence-electron chi connectivity index (χ0n) is 19.7. The summed E-state index contributed by atoms with van der Waals surface area (Å²) in [6.45, 7) is 8.68. The summed E-state index contributed by atoms with van der Waals surface area (Å²) in [6, 6.07) is 13.7. The summed E-state index contributed by atoms with van der Waals surface area (Å²) in [6.07, 6.45) is 1.48. The van der Waals surface area contributed by atoms with Gasteiger partial charge in [0.1, 0.15) is 18.1 Å². The average Bonchev–Trinajstić information content (AvgIpc) is 2.82. The number of urea groups is 1. The summed E-state index contributed by atoms with van der Waals surface area (Å²) in [5, 5.41) is 3.05. The molecule has 1 fully saturated rings. The van der Waals surface area contributed by atoms with Crippen LogP contribution in [-0.2, 0) is 11.3 Å². The van der Waals surface area contributed by atoms with Gasteiger partial charge in [-0.25, -0.2) is 4.79 Å². The molecule has 33 heavy (non-hydrogen) atoms. The highest BCUT2D eigenvalue weighted by Crippen LogP contribution is 2.33. The number of nitrogens with one attached hydrogen (secondary N) is 1. The number of anilines is 1. The summed E-state index contributed by atoms with van der Waals surface area (Å²) < 4.78 is 11.4. The lowest BCUT2D eigenvalue weighted by atomic mass is 9.96. The van der Waals surface area contributed by atoms with E-state index in [1.54, 1.807) is 4.90 Å². The molecule has 0 bridgehead atoms. The predicted molar refractivity (Wildman–Crippen MR) is 128 cm³/mol. The molecule has 176 valence electrons. The van der Waals surface area contributed by atoms with E-state index in [0.29, 0.717) is 45.6 Å². The topological polar surface area (TPSA) is 71.1 Å². The number of hydrogen-bond donors (Lipinski definition) is 1. The fourth-order valence-electron chi connectivity index (χ4n) is 4.32. The van der Waals surface area contributed by atoms with Crippen molar-refractivity contribution in [3.8, 4) is 11.5 Å². The molecule has 2 aliphatic rings. The van der Waals surface area contributed by atoms with Crippen LogP contribution in [0.3, 0.4) is 0 Å². The maximum Gasteiger partial charge on any atom is 0.324 e. The van der Waals surface area contributed by atoms with Crippen LogP contribution >= 0.6 is 0 Å².